The van der Waals surface area contributed by atoms with Crippen molar-refractivity contribution in [2.75, 3.05) is 0 Å². The molecule has 124 valence electrons. The lowest BCUT2D eigenvalue weighted by molar-refractivity contribution is 0.0734. The quantitative estimate of drug-likeness (QED) is 0.394. The fourth-order valence-electron chi connectivity index (χ4n) is 2.40. The summed E-state index contributed by atoms with van der Waals surface area (Å²) in [7, 11) is 0. The second kappa shape index (κ2) is 7.14. The molecule has 0 spiro atoms. The number of esters is 1. The van der Waals surface area contributed by atoms with Gasteiger partial charge in [-0.05, 0) is 50.2 Å². The Morgan fingerprint density at radius 3 is 1.48 bits per heavy atom. The summed E-state index contributed by atoms with van der Waals surface area (Å²) in [6.45, 7) is 3.93. The molecule has 3 heteroatoms. The summed E-state index contributed by atoms with van der Waals surface area (Å²) in [6.07, 6.45) is 0. The number of aryl methyl sites for hydroxylation is 2. The van der Waals surface area contributed by atoms with Crippen molar-refractivity contribution in [3.63, 3.8) is 0 Å². The number of ether oxygens (including phenoxy) is 1. The third-order valence-corrected chi connectivity index (χ3v) is 3.93. The van der Waals surface area contributed by atoms with Crippen LogP contribution in [0.2, 0.25) is 0 Å². The number of ketones is 1. The predicted octanol–water partition coefficient (Wildman–Crippen LogP) is 4.75. The summed E-state index contributed by atoms with van der Waals surface area (Å²) in [5.41, 5.74) is 3.87. The van der Waals surface area contributed by atoms with Gasteiger partial charge in [-0.25, -0.2) is 4.79 Å². The van der Waals surface area contributed by atoms with Crippen molar-refractivity contribution in [3.8, 4) is 5.75 Å². The molecule has 3 aromatic rings. The Kier molecular flexibility index (Phi) is 4.75. The standard InChI is InChI=1S/C22H18O3/c1-15-3-7-17(8-4-15)21(23)18-11-13-20(14-12-18)25-22(24)19-9-5-16(2)6-10-19/h3-14H,1-2H3. The van der Waals surface area contributed by atoms with Crippen molar-refractivity contribution < 1.29 is 14.3 Å². The van der Waals surface area contributed by atoms with Gasteiger partial charge in [0, 0.05) is 11.1 Å². The van der Waals surface area contributed by atoms with Gasteiger partial charge in [0.25, 0.3) is 0 Å². The Labute approximate surface area is 146 Å². The van der Waals surface area contributed by atoms with E-state index in [1.807, 2.05) is 50.2 Å². The van der Waals surface area contributed by atoms with Crippen LogP contribution in [0.15, 0.2) is 72.8 Å². The van der Waals surface area contributed by atoms with Crippen LogP contribution < -0.4 is 4.74 Å². The van der Waals surface area contributed by atoms with Crippen LogP contribution in [0, 0.1) is 13.8 Å². The molecule has 0 radical (unpaired) electrons. The molecule has 0 aliphatic carbocycles. The third kappa shape index (κ3) is 4.01. The van der Waals surface area contributed by atoms with E-state index in [9.17, 15) is 9.59 Å². The molecule has 0 atom stereocenters. The number of carbonyl (C=O) groups excluding carboxylic acids is 2. The van der Waals surface area contributed by atoms with Gasteiger partial charge in [0.2, 0.25) is 0 Å². The van der Waals surface area contributed by atoms with E-state index in [2.05, 4.69) is 0 Å². The molecular weight excluding hydrogens is 312 g/mol. The molecule has 0 aliphatic rings. The molecule has 0 unspecified atom stereocenters. The maximum absolute atomic E-state index is 12.4. The van der Waals surface area contributed by atoms with Gasteiger partial charge in [-0.2, -0.15) is 0 Å². The largest absolute Gasteiger partial charge is 0.423 e. The van der Waals surface area contributed by atoms with E-state index in [0.29, 0.717) is 22.4 Å². The van der Waals surface area contributed by atoms with E-state index in [4.69, 9.17) is 4.74 Å². The second-order valence-corrected chi connectivity index (χ2v) is 5.98. The summed E-state index contributed by atoms with van der Waals surface area (Å²) in [5.74, 6) is -0.0694. The minimum absolute atomic E-state index is 0.0589. The maximum atomic E-state index is 12.4. The highest BCUT2D eigenvalue weighted by molar-refractivity contribution is 6.09. The van der Waals surface area contributed by atoms with Crippen LogP contribution in [0.25, 0.3) is 0 Å². The second-order valence-electron chi connectivity index (χ2n) is 5.98. The minimum atomic E-state index is -0.419. The van der Waals surface area contributed by atoms with Crippen molar-refractivity contribution in [1.29, 1.82) is 0 Å². The lowest BCUT2D eigenvalue weighted by Crippen LogP contribution is -2.08. The van der Waals surface area contributed by atoms with Crippen molar-refractivity contribution in [2.24, 2.45) is 0 Å². The van der Waals surface area contributed by atoms with Crippen molar-refractivity contribution >= 4 is 11.8 Å². The summed E-state index contributed by atoms with van der Waals surface area (Å²) < 4.78 is 5.35. The number of benzene rings is 3. The SMILES string of the molecule is Cc1ccc(C(=O)Oc2ccc(C(=O)c3ccc(C)cc3)cc2)cc1. The molecule has 0 bridgehead atoms. The Morgan fingerprint density at radius 2 is 1.00 bits per heavy atom. The van der Waals surface area contributed by atoms with Crippen LogP contribution in [0.4, 0.5) is 0 Å². The molecule has 0 aliphatic heterocycles. The van der Waals surface area contributed by atoms with E-state index in [1.165, 1.54) is 0 Å². The summed E-state index contributed by atoms with van der Waals surface area (Å²) in [4.78, 5) is 24.5. The van der Waals surface area contributed by atoms with Crippen molar-refractivity contribution in [2.45, 2.75) is 13.8 Å². The Hall–Kier alpha value is -3.20. The fraction of sp³-hybridized carbons (Fsp3) is 0.0909. The van der Waals surface area contributed by atoms with Gasteiger partial charge in [-0.3, -0.25) is 4.79 Å². The van der Waals surface area contributed by atoms with Crippen LogP contribution in [0.5, 0.6) is 5.75 Å². The molecule has 0 saturated heterocycles. The number of hydrogen-bond acceptors (Lipinski definition) is 3. The smallest absolute Gasteiger partial charge is 0.343 e. The van der Waals surface area contributed by atoms with E-state index >= 15 is 0 Å². The van der Waals surface area contributed by atoms with Gasteiger partial charge in [0.15, 0.2) is 5.78 Å². The lowest BCUT2D eigenvalue weighted by atomic mass is 10.0. The maximum Gasteiger partial charge on any atom is 0.343 e. The Morgan fingerprint density at radius 1 is 0.600 bits per heavy atom. The summed E-state index contributed by atoms with van der Waals surface area (Å²) >= 11 is 0. The predicted molar refractivity (Wildman–Crippen MR) is 97.2 cm³/mol. The minimum Gasteiger partial charge on any atom is -0.423 e. The van der Waals surface area contributed by atoms with E-state index in [1.54, 1.807) is 36.4 Å². The van der Waals surface area contributed by atoms with Gasteiger partial charge in [-0.1, -0.05) is 47.5 Å². The third-order valence-electron chi connectivity index (χ3n) is 3.93. The van der Waals surface area contributed by atoms with Crippen LogP contribution >= 0.6 is 0 Å². The van der Waals surface area contributed by atoms with E-state index in [-0.39, 0.29) is 5.78 Å². The van der Waals surface area contributed by atoms with Gasteiger partial charge >= 0.3 is 5.97 Å². The van der Waals surface area contributed by atoms with E-state index < -0.39 is 5.97 Å². The molecular formula is C22H18O3. The highest BCUT2D eigenvalue weighted by Gasteiger charge is 2.11. The topological polar surface area (TPSA) is 43.4 Å². The molecule has 25 heavy (non-hydrogen) atoms. The molecule has 0 heterocycles. The Balaban J connectivity index is 1.71. The number of carbonyl (C=O) groups is 2. The molecule has 0 aromatic heterocycles. The highest BCUT2D eigenvalue weighted by Crippen LogP contribution is 2.17. The van der Waals surface area contributed by atoms with Crippen LogP contribution in [0.3, 0.4) is 0 Å². The molecule has 0 N–H and O–H groups in total. The number of rotatable bonds is 4. The lowest BCUT2D eigenvalue weighted by Gasteiger charge is -2.06. The molecule has 0 fully saturated rings. The normalized spacial score (nSPS) is 10.3. The first-order chi connectivity index (χ1) is 12.0. The van der Waals surface area contributed by atoms with Crippen molar-refractivity contribution in [3.05, 3.63) is 101 Å². The monoisotopic (exact) mass is 330 g/mol. The first-order valence-corrected chi connectivity index (χ1v) is 8.03. The Bertz CT molecular complexity index is 890. The first-order valence-electron chi connectivity index (χ1n) is 8.03. The van der Waals surface area contributed by atoms with Crippen LogP contribution in [-0.2, 0) is 0 Å². The van der Waals surface area contributed by atoms with E-state index in [0.717, 1.165) is 11.1 Å². The first kappa shape index (κ1) is 16.7. The number of hydrogen-bond donors (Lipinski definition) is 0. The van der Waals surface area contributed by atoms with Crippen molar-refractivity contribution in [1.82, 2.24) is 0 Å². The van der Waals surface area contributed by atoms with Gasteiger partial charge in [0.05, 0.1) is 5.56 Å². The molecule has 0 saturated carbocycles. The van der Waals surface area contributed by atoms with Gasteiger partial charge in [0.1, 0.15) is 5.75 Å². The fourth-order valence-corrected chi connectivity index (χ4v) is 2.40. The van der Waals surface area contributed by atoms with Gasteiger partial charge in [-0.15, -0.1) is 0 Å². The van der Waals surface area contributed by atoms with Gasteiger partial charge < -0.3 is 4.74 Å². The molecule has 3 aromatic carbocycles. The zero-order chi connectivity index (χ0) is 17.8. The zero-order valence-electron chi connectivity index (χ0n) is 14.2. The van der Waals surface area contributed by atoms with Crippen LogP contribution in [0.1, 0.15) is 37.4 Å². The molecule has 0 amide bonds. The zero-order valence-corrected chi connectivity index (χ0v) is 14.2. The molecule has 3 nitrogen and oxygen atoms in total. The van der Waals surface area contributed by atoms with Crippen LogP contribution in [-0.4, -0.2) is 11.8 Å². The highest BCUT2D eigenvalue weighted by atomic mass is 16.5. The summed E-state index contributed by atoms with van der Waals surface area (Å²) in [5, 5.41) is 0. The summed E-state index contributed by atoms with van der Waals surface area (Å²) in [6, 6.07) is 21.2. The molecule has 3 rings (SSSR count). The average molecular weight is 330 g/mol. The average Bonchev–Trinajstić information content (AvgIpc) is 2.63.